The number of aromatic nitrogens is 1. The molecule has 2 aromatic heterocycles. The molecule has 0 bridgehead atoms. The van der Waals surface area contributed by atoms with Crippen LogP contribution in [0, 0.1) is 17.0 Å². The molecular weight excluding hydrogens is 318 g/mol. The fourth-order valence-corrected chi connectivity index (χ4v) is 1.73. The summed E-state index contributed by atoms with van der Waals surface area (Å²) in [5, 5.41) is 13.1. The predicted molar refractivity (Wildman–Crippen MR) is 70.0 cm³/mol. The summed E-state index contributed by atoms with van der Waals surface area (Å²) >= 11 is 3.09. The molecule has 0 saturated carbocycles. The Morgan fingerprint density at radius 1 is 1.53 bits per heavy atom. The Kier molecular flexibility index (Phi) is 3.61. The summed E-state index contributed by atoms with van der Waals surface area (Å²) in [5.41, 5.74) is 0.315. The minimum Gasteiger partial charge on any atom is -0.444 e. The lowest BCUT2D eigenvalue weighted by Gasteiger charge is -2.03. The van der Waals surface area contributed by atoms with Crippen molar-refractivity contribution in [1.29, 1.82) is 0 Å². The van der Waals surface area contributed by atoms with Gasteiger partial charge in [0.25, 0.3) is 11.6 Å². The van der Waals surface area contributed by atoms with E-state index >= 15 is 0 Å². The monoisotopic (exact) mass is 325 g/mol. The Morgan fingerprint density at radius 3 is 2.79 bits per heavy atom. The first-order chi connectivity index (χ1) is 8.97. The predicted octanol–water partition coefficient (Wildman–Crippen LogP) is 2.91. The van der Waals surface area contributed by atoms with E-state index in [-0.39, 0.29) is 17.3 Å². The maximum Gasteiger partial charge on any atom is 0.292 e. The number of nitrogens with one attached hydrogen (secondary N) is 1. The van der Waals surface area contributed by atoms with Gasteiger partial charge in [-0.1, -0.05) is 0 Å². The molecule has 0 saturated heterocycles. The van der Waals surface area contributed by atoms with Crippen LogP contribution in [0.2, 0.25) is 0 Å². The Labute approximate surface area is 115 Å². The molecule has 0 spiro atoms. The van der Waals surface area contributed by atoms with E-state index in [4.69, 9.17) is 4.42 Å². The highest BCUT2D eigenvalue weighted by Gasteiger charge is 2.15. The average Bonchev–Trinajstić information content (AvgIpc) is 2.75. The molecule has 0 atom stereocenters. The highest BCUT2D eigenvalue weighted by molar-refractivity contribution is 9.10. The fraction of sp³-hybridized carbons (Fsp3) is 0.0909. The molecule has 2 aromatic rings. The molecule has 1 N–H and O–H groups in total. The smallest absolute Gasteiger partial charge is 0.292 e. The second-order valence-corrected chi connectivity index (χ2v) is 4.45. The second kappa shape index (κ2) is 5.19. The molecule has 0 unspecified atom stereocenters. The SMILES string of the molecule is Cc1cc(NC(=O)c2ccc(Br)o2)ncc1[N+](=O)[O-]. The molecule has 0 aliphatic rings. The van der Waals surface area contributed by atoms with Crippen LogP contribution in [0.3, 0.4) is 0 Å². The standard InChI is InChI=1S/C11H8BrN3O4/c1-6-4-10(13-5-7(6)15(17)18)14-11(16)8-2-3-9(12)19-8/h2-5H,1H3,(H,13,14,16). The fourth-order valence-electron chi connectivity index (χ4n) is 1.42. The first kappa shape index (κ1) is 13.2. The van der Waals surface area contributed by atoms with Crippen molar-refractivity contribution < 1.29 is 14.1 Å². The first-order valence-electron chi connectivity index (χ1n) is 5.15. The van der Waals surface area contributed by atoms with Crippen molar-refractivity contribution in [2.45, 2.75) is 6.92 Å². The molecule has 1 amide bonds. The molecule has 0 radical (unpaired) electrons. The molecule has 2 heterocycles. The van der Waals surface area contributed by atoms with Gasteiger partial charge in [0.1, 0.15) is 12.0 Å². The minimum absolute atomic E-state index is 0.0984. The summed E-state index contributed by atoms with van der Waals surface area (Å²) in [6.07, 6.45) is 1.10. The van der Waals surface area contributed by atoms with Crippen molar-refractivity contribution >= 4 is 33.3 Å². The van der Waals surface area contributed by atoms with Crippen LogP contribution in [-0.2, 0) is 0 Å². The zero-order valence-corrected chi connectivity index (χ0v) is 11.3. The van der Waals surface area contributed by atoms with Gasteiger partial charge in [0.15, 0.2) is 10.4 Å². The summed E-state index contributed by atoms with van der Waals surface area (Å²) in [6, 6.07) is 4.51. The van der Waals surface area contributed by atoms with Gasteiger partial charge in [0.05, 0.1) is 4.92 Å². The normalized spacial score (nSPS) is 10.2. The molecule has 0 aliphatic carbocycles. The van der Waals surface area contributed by atoms with E-state index in [9.17, 15) is 14.9 Å². The van der Waals surface area contributed by atoms with E-state index < -0.39 is 10.8 Å². The summed E-state index contributed by atoms with van der Waals surface area (Å²) in [5.74, 6) is -0.142. The summed E-state index contributed by atoms with van der Waals surface area (Å²) in [4.78, 5) is 25.7. The van der Waals surface area contributed by atoms with Gasteiger partial charge in [-0.3, -0.25) is 14.9 Å². The Balaban J connectivity index is 2.18. The van der Waals surface area contributed by atoms with Crippen LogP contribution in [0.15, 0.2) is 33.5 Å². The summed E-state index contributed by atoms with van der Waals surface area (Å²) in [7, 11) is 0. The number of amides is 1. The van der Waals surface area contributed by atoms with Crippen LogP contribution in [0.5, 0.6) is 0 Å². The quantitative estimate of drug-likeness (QED) is 0.691. The molecule has 8 heteroatoms. The lowest BCUT2D eigenvalue weighted by atomic mass is 10.2. The number of aryl methyl sites for hydroxylation is 1. The van der Waals surface area contributed by atoms with E-state index in [1.165, 1.54) is 12.1 Å². The number of pyridine rings is 1. The maximum absolute atomic E-state index is 11.8. The van der Waals surface area contributed by atoms with Gasteiger partial charge in [-0.25, -0.2) is 4.98 Å². The number of carbonyl (C=O) groups is 1. The number of halogens is 1. The van der Waals surface area contributed by atoms with Crippen molar-refractivity contribution in [3.63, 3.8) is 0 Å². The number of hydrogen-bond acceptors (Lipinski definition) is 5. The number of furan rings is 1. The van der Waals surface area contributed by atoms with E-state index in [1.807, 2.05) is 0 Å². The molecule has 2 rings (SSSR count). The third-order valence-corrected chi connectivity index (χ3v) is 2.74. The molecule has 7 nitrogen and oxygen atoms in total. The highest BCUT2D eigenvalue weighted by atomic mass is 79.9. The first-order valence-corrected chi connectivity index (χ1v) is 5.94. The number of anilines is 1. The molecule has 19 heavy (non-hydrogen) atoms. The highest BCUT2D eigenvalue weighted by Crippen LogP contribution is 2.20. The van der Waals surface area contributed by atoms with Gasteiger partial charge in [0, 0.05) is 5.56 Å². The van der Waals surface area contributed by atoms with Gasteiger partial charge >= 0.3 is 0 Å². The number of nitro groups is 1. The number of rotatable bonds is 3. The molecule has 98 valence electrons. The topological polar surface area (TPSA) is 98.3 Å². The van der Waals surface area contributed by atoms with Crippen LogP contribution in [0.25, 0.3) is 0 Å². The molecule has 0 fully saturated rings. The number of hydrogen-bond donors (Lipinski definition) is 1. The Bertz CT molecular complexity index is 653. The number of carbonyl (C=O) groups excluding carboxylic acids is 1. The molecule has 0 aromatic carbocycles. The number of nitrogens with zero attached hydrogens (tertiary/aromatic N) is 2. The zero-order valence-electron chi connectivity index (χ0n) is 9.71. The van der Waals surface area contributed by atoms with E-state index in [2.05, 4.69) is 26.2 Å². The van der Waals surface area contributed by atoms with Crippen molar-refractivity contribution in [2.24, 2.45) is 0 Å². The summed E-state index contributed by atoms with van der Waals surface area (Å²) < 4.78 is 5.51. The van der Waals surface area contributed by atoms with Crippen LogP contribution in [-0.4, -0.2) is 15.8 Å². The van der Waals surface area contributed by atoms with Crippen LogP contribution in [0.4, 0.5) is 11.5 Å². The van der Waals surface area contributed by atoms with Crippen molar-refractivity contribution in [3.8, 4) is 0 Å². The second-order valence-electron chi connectivity index (χ2n) is 3.67. The van der Waals surface area contributed by atoms with Gasteiger partial charge in [-0.05, 0) is 41.1 Å². The Hall–Kier alpha value is -2.22. The van der Waals surface area contributed by atoms with E-state index in [0.717, 1.165) is 6.20 Å². The summed E-state index contributed by atoms with van der Waals surface area (Å²) in [6.45, 7) is 1.57. The maximum atomic E-state index is 11.8. The van der Waals surface area contributed by atoms with E-state index in [1.54, 1.807) is 13.0 Å². The molecule has 0 aliphatic heterocycles. The van der Waals surface area contributed by atoms with Crippen molar-refractivity contribution in [3.05, 3.63) is 50.5 Å². The third-order valence-electron chi connectivity index (χ3n) is 2.32. The Morgan fingerprint density at radius 2 is 2.26 bits per heavy atom. The van der Waals surface area contributed by atoms with Crippen LogP contribution >= 0.6 is 15.9 Å². The van der Waals surface area contributed by atoms with Crippen LogP contribution < -0.4 is 5.32 Å². The molecular formula is C11H8BrN3O4. The largest absolute Gasteiger partial charge is 0.444 e. The van der Waals surface area contributed by atoms with Crippen molar-refractivity contribution in [1.82, 2.24) is 4.98 Å². The van der Waals surface area contributed by atoms with Gasteiger partial charge in [0.2, 0.25) is 0 Å². The van der Waals surface area contributed by atoms with Crippen LogP contribution in [0.1, 0.15) is 16.1 Å². The lowest BCUT2D eigenvalue weighted by molar-refractivity contribution is -0.385. The third kappa shape index (κ3) is 2.97. The van der Waals surface area contributed by atoms with Gasteiger partial charge in [-0.15, -0.1) is 0 Å². The minimum atomic E-state index is -0.530. The van der Waals surface area contributed by atoms with Crippen molar-refractivity contribution in [2.75, 3.05) is 5.32 Å². The van der Waals surface area contributed by atoms with Gasteiger partial charge in [-0.2, -0.15) is 0 Å². The van der Waals surface area contributed by atoms with Gasteiger partial charge < -0.3 is 9.73 Å². The van der Waals surface area contributed by atoms with E-state index in [0.29, 0.717) is 10.2 Å². The lowest BCUT2D eigenvalue weighted by Crippen LogP contribution is -2.12. The zero-order chi connectivity index (χ0) is 14.0. The average molecular weight is 326 g/mol.